The van der Waals surface area contributed by atoms with Crippen LogP contribution in [-0.4, -0.2) is 33.4 Å². The van der Waals surface area contributed by atoms with Crippen LogP contribution in [0, 0.1) is 5.92 Å². The van der Waals surface area contributed by atoms with Gasteiger partial charge in [0.05, 0.1) is 23.6 Å². The molecular formula is C18H24N4OS. The number of hydrogen-bond donors (Lipinski definition) is 1. The van der Waals surface area contributed by atoms with Gasteiger partial charge in [0.15, 0.2) is 0 Å². The van der Waals surface area contributed by atoms with Gasteiger partial charge < -0.3 is 9.88 Å². The third kappa shape index (κ3) is 3.13. The molecule has 0 bridgehead atoms. The van der Waals surface area contributed by atoms with Crippen LogP contribution in [0.1, 0.15) is 42.1 Å². The maximum absolute atomic E-state index is 12.8. The smallest absolute Gasteiger partial charge is 0.230 e. The summed E-state index contributed by atoms with van der Waals surface area (Å²) in [6.45, 7) is 3.29. The number of carbonyl (C=O) groups is 1. The number of imidazole rings is 1. The van der Waals surface area contributed by atoms with Crippen LogP contribution in [0.2, 0.25) is 0 Å². The highest BCUT2D eigenvalue weighted by atomic mass is 32.1. The second-order valence-corrected chi connectivity index (χ2v) is 7.86. The van der Waals surface area contributed by atoms with Crippen molar-refractivity contribution in [1.29, 1.82) is 0 Å². The van der Waals surface area contributed by atoms with Crippen LogP contribution >= 0.6 is 11.3 Å². The lowest BCUT2D eigenvalue weighted by molar-refractivity contribution is -0.123. The average Bonchev–Trinajstić information content (AvgIpc) is 3.15. The van der Waals surface area contributed by atoms with E-state index in [1.165, 1.54) is 24.8 Å². The van der Waals surface area contributed by atoms with E-state index in [1.54, 1.807) is 11.3 Å². The van der Waals surface area contributed by atoms with Crippen molar-refractivity contribution in [3.8, 4) is 0 Å². The molecule has 1 atom stereocenters. The van der Waals surface area contributed by atoms with Gasteiger partial charge in [-0.2, -0.15) is 11.3 Å². The van der Waals surface area contributed by atoms with E-state index in [0.29, 0.717) is 5.92 Å². The minimum atomic E-state index is -0.125. The fourth-order valence-electron chi connectivity index (χ4n) is 3.71. The zero-order chi connectivity index (χ0) is 16.5. The molecule has 2 aliphatic rings. The van der Waals surface area contributed by atoms with Crippen molar-refractivity contribution in [2.75, 3.05) is 13.1 Å². The first kappa shape index (κ1) is 15.8. The number of nitrogens with zero attached hydrogens (tertiary/aromatic N) is 3. The molecule has 6 heteroatoms. The Morgan fingerprint density at radius 1 is 1.46 bits per heavy atom. The van der Waals surface area contributed by atoms with E-state index in [9.17, 15) is 4.79 Å². The molecule has 0 spiro atoms. The number of aromatic nitrogens is 2. The monoisotopic (exact) mass is 344 g/mol. The standard InChI is InChI=1S/C18H24N4OS/c1-21-12-20-16-10-22(8-14-5-6-24-11-14)9-15(17(16)21)18(23)19-7-13-3-2-4-13/h5-6,11-13,15H,2-4,7-10H2,1H3,(H,19,23). The lowest BCUT2D eigenvalue weighted by atomic mass is 9.85. The third-order valence-electron chi connectivity index (χ3n) is 5.30. The number of hydrogen-bond acceptors (Lipinski definition) is 4. The van der Waals surface area contributed by atoms with E-state index < -0.39 is 0 Å². The molecule has 1 unspecified atom stereocenters. The first-order chi connectivity index (χ1) is 11.7. The van der Waals surface area contributed by atoms with Crippen LogP contribution in [0.5, 0.6) is 0 Å². The van der Waals surface area contributed by atoms with Gasteiger partial charge in [0.25, 0.3) is 0 Å². The van der Waals surface area contributed by atoms with E-state index in [4.69, 9.17) is 0 Å². The molecule has 128 valence electrons. The van der Waals surface area contributed by atoms with Gasteiger partial charge in [-0.05, 0) is 41.1 Å². The molecule has 1 aliphatic carbocycles. The Kier molecular flexibility index (Phi) is 4.41. The quantitative estimate of drug-likeness (QED) is 0.907. The van der Waals surface area contributed by atoms with E-state index >= 15 is 0 Å². The minimum Gasteiger partial charge on any atom is -0.355 e. The SMILES string of the molecule is Cn1cnc2c1C(C(=O)NCC1CCC1)CN(Cc1ccsc1)C2. The highest BCUT2D eigenvalue weighted by molar-refractivity contribution is 7.07. The molecule has 0 saturated heterocycles. The fraction of sp³-hybridized carbons (Fsp3) is 0.556. The Bertz CT molecular complexity index is 705. The van der Waals surface area contributed by atoms with Gasteiger partial charge in [-0.3, -0.25) is 9.69 Å². The van der Waals surface area contributed by atoms with Crippen molar-refractivity contribution >= 4 is 17.2 Å². The Balaban J connectivity index is 1.49. The normalized spacial score (nSPS) is 21.3. The molecule has 0 aromatic carbocycles. The van der Waals surface area contributed by atoms with Crippen molar-refractivity contribution in [3.05, 3.63) is 40.1 Å². The third-order valence-corrected chi connectivity index (χ3v) is 6.03. The van der Waals surface area contributed by atoms with Gasteiger partial charge in [0, 0.05) is 33.2 Å². The highest BCUT2D eigenvalue weighted by Crippen LogP contribution is 2.30. The fourth-order valence-corrected chi connectivity index (χ4v) is 4.37. The topological polar surface area (TPSA) is 50.2 Å². The number of amides is 1. The zero-order valence-corrected chi connectivity index (χ0v) is 14.9. The molecule has 1 N–H and O–H groups in total. The number of fused-ring (bicyclic) bond motifs is 1. The predicted molar refractivity (Wildman–Crippen MR) is 94.7 cm³/mol. The molecule has 0 radical (unpaired) electrons. The molecule has 2 aromatic heterocycles. The summed E-state index contributed by atoms with van der Waals surface area (Å²) in [4.78, 5) is 19.7. The van der Waals surface area contributed by atoms with Gasteiger partial charge in [0.1, 0.15) is 0 Å². The summed E-state index contributed by atoms with van der Waals surface area (Å²) in [6.07, 6.45) is 5.66. The number of aryl methyl sites for hydroxylation is 1. The molecule has 3 heterocycles. The molecule has 1 fully saturated rings. The van der Waals surface area contributed by atoms with Crippen LogP contribution in [0.3, 0.4) is 0 Å². The van der Waals surface area contributed by atoms with Gasteiger partial charge >= 0.3 is 0 Å². The van der Waals surface area contributed by atoms with Crippen molar-refractivity contribution in [2.45, 2.75) is 38.3 Å². The van der Waals surface area contributed by atoms with Crippen LogP contribution in [0.15, 0.2) is 23.2 Å². The van der Waals surface area contributed by atoms with Gasteiger partial charge in [-0.25, -0.2) is 4.98 Å². The highest BCUT2D eigenvalue weighted by Gasteiger charge is 2.34. The van der Waals surface area contributed by atoms with E-state index in [0.717, 1.165) is 37.6 Å². The molecule has 4 rings (SSSR count). The van der Waals surface area contributed by atoms with Crippen LogP contribution < -0.4 is 5.32 Å². The first-order valence-electron chi connectivity index (χ1n) is 8.72. The van der Waals surface area contributed by atoms with E-state index in [2.05, 4.69) is 32.0 Å². The molecule has 1 amide bonds. The zero-order valence-electron chi connectivity index (χ0n) is 14.1. The van der Waals surface area contributed by atoms with E-state index in [1.807, 2.05) is 17.9 Å². The molecule has 5 nitrogen and oxygen atoms in total. The van der Waals surface area contributed by atoms with Crippen molar-refractivity contribution in [2.24, 2.45) is 13.0 Å². The Labute approximate surface area is 146 Å². The van der Waals surface area contributed by atoms with Crippen molar-refractivity contribution in [1.82, 2.24) is 19.8 Å². The molecule has 1 aliphatic heterocycles. The second kappa shape index (κ2) is 6.69. The maximum atomic E-state index is 12.8. The first-order valence-corrected chi connectivity index (χ1v) is 9.66. The number of rotatable bonds is 5. The lowest BCUT2D eigenvalue weighted by Gasteiger charge is -2.33. The number of carbonyl (C=O) groups excluding carboxylic acids is 1. The summed E-state index contributed by atoms with van der Waals surface area (Å²) in [7, 11) is 1.99. The van der Waals surface area contributed by atoms with Crippen LogP contribution in [-0.2, 0) is 24.9 Å². The van der Waals surface area contributed by atoms with Gasteiger partial charge in [-0.15, -0.1) is 0 Å². The molecule has 1 saturated carbocycles. The summed E-state index contributed by atoms with van der Waals surface area (Å²) in [5, 5.41) is 7.47. The maximum Gasteiger partial charge on any atom is 0.230 e. The summed E-state index contributed by atoms with van der Waals surface area (Å²) in [5.41, 5.74) is 3.44. The summed E-state index contributed by atoms with van der Waals surface area (Å²) < 4.78 is 2.02. The lowest BCUT2D eigenvalue weighted by Crippen LogP contribution is -2.43. The molecular weight excluding hydrogens is 320 g/mol. The number of thiophene rings is 1. The minimum absolute atomic E-state index is 0.125. The van der Waals surface area contributed by atoms with Crippen LogP contribution in [0.25, 0.3) is 0 Å². The Morgan fingerprint density at radius 3 is 3.04 bits per heavy atom. The molecule has 2 aromatic rings. The van der Waals surface area contributed by atoms with Gasteiger partial charge in [-0.1, -0.05) is 6.42 Å². The second-order valence-electron chi connectivity index (χ2n) is 7.08. The number of nitrogens with one attached hydrogen (secondary N) is 1. The largest absolute Gasteiger partial charge is 0.355 e. The molecule has 24 heavy (non-hydrogen) atoms. The van der Waals surface area contributed by atoms with Crippen molar-refractivity contribution < 1.29 is 4.79 Å². The van der Waals surface area contributed by atoms with Gasteiger partial charge in [0.2, 0.25) is 5.91 Å². The predicted octanol–water partition coefficient (Wildman–Crippen LogP) is 2.50. The Hall–Kier alpha value is -1.66. The summed E-state index contributed by atoms with van der Waals surface area (Å²) in [6, 6.07) is 2.16. The summed E-state index contributed by atoms with van der Waals surface area (Å²) in [5.74, 6) is 0.715. The van der Waals surface area contributed by atoms with E-state index in [-0.39, 0.29) is 11.8 Å². The van der Waals surface area contributed by atoms with Crippen LogP contribution in [0.4, 0.5) is 0 Å². The summed E-state index contributed by atoms with van der Waals surface area (Å²) >= 11 is 1.72. The average molecular weight is 344 g/mol. The van der Waals surface area contributed by atoms with Crippen molar-refractivity contribution in [3.63, 3.8) is 0 Å². The Morgan fingerprint density at radius 2 is 2.33 bits per heavy atom.